The number of amides is 1. The molecule has 1 aromatic rings. The summed E-state index contributed by atoms with van der Waals surface area (Å²) in [6.07, 6.45) is 2.69. The molecule has 1 aliphatic rings. The van der Waals surface area contributed by atoms with E-state index in [0.29, 0.717) is 0 Å². The highest BCUT2D eigenvalue weighted by Crippen LogP contribution is 2.19. The normalized spacial score (nSPS) is 19.9. The van der Waals surface area contributed by atoms with E-state index in [9.17, 15) is 4.79 Å². The SMILES string of the molecule is O=C(Nc1ccccc1)[C@@H]1CCCN1CCCO. The Morgan fingerprint density at radius 1 is 1.39 bits per heavy atom. The van der Waals surface area contributed by atoms with Gasteiger partial charge in [0.1, 0.15) is 0 Å². The molecule has 0 saturated carbocycles. The summed E-state index contributed by atoms with van der Waals surface area (Å²) in [6, 6.07) is 9.49. The molecule has 1 aliphatic heterocycles. The second kappa shape index (κ2) is 6.52. The van der Waals surface area contributed by atoms with Crippen LogP contribution in [-0.4, -0.2) is 41.7 Å². The second-order valence-corrected chi connectivity index (χ2v) is 4.63. The summed E-state index contributed by atoms with van der Waals surface area (Å²) in [5.41, 5.74) is 0.844. The van der Waals surface area contributed by atoms with Crippen molar-refractivity contribution in [3.05, 3.63) is 30.3 Å². The van der Waals surface area contributed by atoms with Crippen LogP contribution in [0, 0.1) is 0 Å². The summed E-state index contributed by atoms with van der Waals surface area (Å²) in [5, 5.41) is 11.8. The summed E-state index contributed by atoms with van der Waals surface area (Å²) in [4.78, 5) is 14.3. The lowest BCUT2D eigenvalue weighted by molar-refractivity contribution is -0.120. The summed E-state index contributed by atoms with van der Waals surface area (Å²) in [5.74, 6) is 0.0663. The van der Waals surface area contributed by atoms with Crippen molar-refractivity contribution in [3.8, 4) is 0 Å². The number of anilines is 1. The third kappa shape index (κ3) is 3.31. The Kier molecular flexibility index (Phi) is 4.73. The maximum absolute atomic E-state index is 12.2. The van der Waals surface area contributed by atoms with E-state index in [1.807, 2.05) is 30.3 Å². The maximum atomic E-state index is 12.2. The number of aliphatic hydroxyl groups excluding tert-OH is 1. The molecule has 1 amide bonds. The first-order valence-electron chi connectivity index (χ1n) is 6.52. The van der Waals surface area contributed by atoms with Crippen LogP contribution in [0.25, 0.3) is 0 Å². The van der Waals surface area contributed by atoms with Gasteiger partial charge in [0.2, 0.25) is 5.91 Å². The largest absolute Gasteiger partial charge is 0.396 e. The number of carbonyl (C=O) groups excluding carboxylic acids is 1. The van der Waals surface area contributed by atoms with Gasteiger partial charge in [0, 0.05) is 18.8 Å². The van der Waals surface area contributed by atoms with E-state index < -0.39 is 0 Å². The number of para-hydroxylation sites is 1. The van der Waals surface area contributed by atoms with E-state index >= 15 is 0 Å². The van der Waals surface area contributed by atoms with Gasteiger partial charge in [-0.05, 0) is 37.9 Å². The van der Waals surface area contributed by atoms with Gasteiger partial charge in [-0.2, -0.15) is 0 Å². The lowest BCUT2D eigenvalue weighted by atomic mass is 10.2. The molecular weight excluding hydrogens is 228 g/mol. The highest BCUT2D eigenvalue weighted by Gasteiger charge is 2.29. The Labute approximate surface area is 108 Å². The fourth-order valence-corrected chi connectivity index (χ4v) is 2.41. The molecule has 0 bridgehead atoms. The van der Waals surface area contributed by atoms with Crippen LogP contribution in [0.3, 0.4) is 0 Å². The van der Waals surface area contributed by atoms with Gasteiger partial charge < -0.3 is 10.4 Å². The molecule has 0 aliphatic carbocycles. The molecule has 1 heterocycles. The van der Waals surface area contributed by atoms with Crippen molar-refractivity contribution in [1.29, 1.82) is 0 Å². The molecule has 1 aromatic carbocycles. The van der Waals surface area contributed by atoms with Crippen LogP contribution >= 0.6 is 0 Å². The zero-order valence-electron chi connectivity index (χ0n) is 10.5. The van der Waals surface area contributed by atoms with Crippen LogP contribution in [0.4, 0.5) is 5.69 Å². The lowest BCUT2D eigenvalue weighted by Gasteiger charge is -2.23. The summed E-state index contributed by atoms with van der Waals surface area (Å²) >= 11 is 0. The van der Waals surface area contributed by atoms with E-state index in [0.717, 1.165) is 38.0 Å². The number of nitrogens with zero attached hydrogens (tertiary/aromatic N) is 1. The molecule has 4 nitrogen and oxygen atoms in total. The Morgan fingerprint density at radius 2 is 2.17 bits per heavy atom. The van der Waals surface area contributed by atoms with Crippen LogP contribution in [0.1, 0.15) is 19.3 Å². The van der Waals surface area contributed by atoms with E-state index in [1.165, 1.54) is 0 Å². The van der Waals surface area contributed by atoms with Gasteiger partial charge in [0.05, 0.1) is 6.04 Å². The molecule has 2 rings (SSSR count). The van der Waals surface area contributed by atoms with Gasteiger partial charge in [0.15, 0.2) is 0 Å². The van der Waals surface area contributed by atoms with Crippen molar-refractivity contribution in [2.24, 2.45) is 0 Å². The molecule has 4 heteroatoms. The average Bonchev–Trinajstić information content (AvgIpc) is 2.86. The molecule has 0 aromatic heterocycles. The minimum atomic E-state index is -0.0447. The molecule has 18 heavy (non-hydrogen) atoms. The Hall–Kier alpha value is -1.39. The predicted octanol–water partition coefficient (Wildman–Crippen LogP) is 1.47. The predicted molar refractivity (Wildman–Crippen MR) is 71.4 cm³/mol. The fraction of sp³-hybridized carbons (Fsp3) is 0.500. The molecular formula is C14H20N2O2. The first-order valence-corrected chi connectivity index (χ1v) is 6.52. The van der Waals surface area contributed by atoms with Crippen LogP contribution in [0.2, 0.25) is 0 Å². The van der Waals surface area contributed by atoms with E-state index in [1.54, 1.807) is 0 Å². The monoisotopic (exact) mass is 248 g/mol. The van der Waals surface area contributed by atoms with Crippen LogP contribution in [0.15, 0.2) is 30.3 Å². The third-order valence-corrected chi connectivity index (χ3v) is 3.31. The standard InChI is InChI=1S/C14H20N2O2/c17-11-5-10-16-9-4-8-13(16)14(18)15-12-6-2-1-3-7-12/h1-3,6-7,13,17H,4-5,8-11H2,(H,15,18)/t13-/m0/s1. The molecule has 0 radical (unpaired) electrons. The number of hydrogen-bond acceptors (Lipinski definition) is 3. The first-order chi connectivity index (χ1) is 8.81. The van der Waals surface area contributed by atoms with Crippen LogP contribution in [0.5, 0.6) is 0 Å². The highest BCUT2D eigenvalue weighted by atomic mass is 16.3. The Bertz CT molecular complexity index is 381. The first kappa shape index (κ1) is 13.1. The van der Waals surface area contributed by atoms with Crippen molar-refractivity contribution < 1.29 is 9.90 Å². The molecule has 0 unspecified atom stereocenters. The molecule has 1 saturated heterocycles. The van der Waals surface area contributed by atoms with Crippen molar-refractivity contribution in [3.63, 3.8) is 0 Å². The van der Waals surface area contributed by atoms with E-state index in [-0.39, 0.29) is 18.6 Å². The maximum Gasteiger partial charge on any atom is 0.241 e. The number of nitrogens with one attached hydrogen (secondary N) is 1. The quantitative estimate of drug-likeness (QED) is 0.829. The highest BCUT2D eigenvalue weighted by molar-refractivity contribution is 5.94. The number of carbonyl (C=O) groups is 1. The van der Waals surface area contributed by atoms with Gasteiger partial charge >= 0.3 is 0 Å². The molecule has 1 atom stereocenters. The van der Waals surface area contributed by atoms with Crippen molar-refractivity contribution >= 4 is 11.6 Å². The van der Waals surface area contributed by atoms with E-state index in [4.69, 9.17) is 5.11 Å². The minimum absolute atomic E-state index is 0.0447. The minimum Gasteiger partial charge on any atom is -0.396 e. The number of hydrogen-bond donors (Lipinski definition) is 2. The molecule has 0 spiro atoms. The Balaban J connectivity index is 1.91. The van der Waals surface area contributed by atoms with Gasteiger partial charge in [0.25, 0.3) is 0 Å². The summed E-state index contributed by atoms with van der Waals surface area (Å²) in [7, 11) is 0. The van der Waals surface area contributed by atoms with Gasteiger partial charge in [-0.3, -0.25) is 9.69 Å². The summed E-state index contributed by atoms with van der Waals surface area (Å²) in [6.45, 7) is 1.93. The average molecular weight is 248 g/mol. The molecule has 98 valence electrons. The third-order valence-electron chi connectivity index (χ3n) is 3.31. The number of benzene rings is 1. The van der Waals surface area contributed by atoms with Crippen molar-refractivity contribution in [2.75, 3.05) is 25.0 Å². The molecule has 1 fully saturated rings. The van der Waals surface area contributed by atoms with Crippen LogP contribution in [-0.2, 0) is 4.79 Å². The zero-order valence-corrected chi connectivity index (χ0v) is 10.5. The molecule has 2 N–H and O–H groups in total. The van der Waals surface area contributed by atoms with Crippen LogP contribution < -0.4 is 5.32 Å². The number of rotatable bonds is 5. The lowest BCUT2D eigenvalue weighted by Crippen LogP contribution is -2.40. The Morgan fingerprint density at radius 3 is 2.89 bits per heavy atom. The fourth-order valence-electron chi connectivity index (χ4n) is 2.41. The number of likely N-dealkylation sites (tertiary alicyclic amines) is 1. The zero-order chi connectivity index (χ0) is 12.8. The van der Waals surface area contributed by atoms with Gasteiger partial charge in [-0.25, -0.2) is 0 Å². The van der Waals surface area contributed by atoms with Crippen molar-refractivity contribution in [1.82, 2.24) is 4.90 Å². The second-order valence-electron chi connectivity index (χ2n) is 4.63. The topological polar surface area (TPSA) is 52.6 Å². The van der Waals surface area contributed by atoms with E-state index in [2.05, 4.69) is 10.2 Å². The smallest absolute Gasteiger partial charge is 0.241 e. The van der Waals surface area contributed by atoms with Gasteiger partial charge in [-0.1, -0.05) is 18.2 Å². The van der Waals surface area contributed by atoms with Gasteiger partial charge in [-0.15, -0.1) is 0 Å². The van der Waals surface area contributed by atoms with Crippen molar-refractivity contribution in [2.45, 2.75) is 25.3 Å². The number of aliphatic hydroxyl groups is 1. The summed E-state index contributed by atoms with van der Waals surface area (Å²) < 4.78 is 0.